The molecule has 5 nitrogen and oxygen atoms in total. The first-order valence-electron chi connectivity index (χ1n) is 4.26. The maximum absolute atomic E-state index is 10.7. The summed E-state index contributed by atoms with van der Waals surface area (Å²) in [6, 6.07) is 0. The Balaban J connectivity index is 2.56. The molecule has 0 aromatic heterocycles. The number of piperidine rings is 1. The Hall–Kier alpha value is -1.10. The number of hydrogen-bond acceptors (Lipinski definition) is 3. The van der Waals surface area contributed by atoms with Gasteiger partial charge in [-0.2, -0.15) is 0 Å². The second kappa shape index (κ2) is 4.23. The zero-order valence-electron chi connectivity index (χ0n) is 7.19. The monoisotopic (exact) mass is 187 g/mol. The molecule has 1 aliphatic rings. The summed E-state index contributed by atoms with van der Waals surface area (Å²) in [5.74, 6) is -2.59. The van der Waals surface area contributed by atoms with Gasteiger partial charge < -0.3 is 15.5 Å². The zero-order valence-corrected chi connectivity index (χ0v) is 7.19. The average Bonchev–Trinajstić information content (AvgIpc) is 2.03. The molecule has 0 spiro atoms. The van der Waals surface area contributed by atoms with Crippen molar-refractivity contribution in [1.29, 1.82) is 0 Å². The van der Waals surface area contributed by atoms with Gasteiger partial charge in [0.15, 0.2) is 0 Å². The van der Waals surface area contributed by atoms with E-state index >= 15 is 0 Å². The summed E-state index contributed by atoms with van der Waals surface area (Å²) in [5.41, 5.74) is 0. The summed E-state index contributed by atoms with van der Waals surface area (Å²) in [4.78, 5) is 21.1. The van der Waals surface area contributed by atoms with Crippen molar-refractivity contribution in [1.82, 2.24) is 5.32 Å². The van der Waals surface area contributed by atoms with Crippen LogP contribution in [0.3, 0.4) is 0 Å². The zero-order chi connectivity index (χ0) is 9.84. The Bertz CT molecular complexity index is 216. The molecule has 0 unspecified atom stereocenters. The van der Waals surface area contributed by atoms with Crippen LogP contribution < -0.4 is 5.32 Å². The highest BCUT2D eigenvalue weighted by Gasteiger charge is 2.31. The Kier molecular flexibility index (Phi) is 3.25. The lowest BCUT2D eigenvalue weighted by Crippen LogP contribution is -2.41. The van der Waals surface area contributed by atoms with Gasteiger partial charge in [0, 0.05) is 0 Å². The summed E-state index contributed by atoms with van der Waals surface area (Å²) in [6.45, 7) is 1.15. The standard InChI is InChI=1S/C8H13NO4/c10-7(11)3-5-4-9-2-1-6(5)8(12)13/h5-6,9H,1-4H2,(H,10,11)(H,12,13)/t5-,6+/m0/s1. The lowest BCUT2D eigenvalue weighted by atomic mass is 9.84. The van der Waals surface area contributed by atoms with Crippen molar-refractivity contribution in [2.24, 2.45) is 11.8 Å². The van der Waals surface area contributed by atoms with E-state index in [4.69, 9.17) is 10.2 Å². The van der Waals surface area contributed by atoms with Crippen LogP contribution in [0.25, 0.3) is 0 Å². The van der Waals surface area contributed by atoms with E-state index in [0.717, 1.165) is 0 Å². The molecule has 1 rings (SSSR count). The van der Waals surface area contributed by atoms with Crippen molar-refractivity contribution < 1.29 is 19.8 Å². The van der Waals surface area contributed by atoms with Gasteiger partial charge >= 0.3 is 11.9 Å². The lowest BCUT2D eigenvalue weighted by molar-refractivity contribution is -0.146. The van der Waals surface area contributed by atoms with Gasteiger partial charge in [0.1, 0.15) is 0 Å². The van der Waals surface area contributed by atoms with Gasteiger partial charge in [-0.3, -0.25) is 9.59 Å². The number of nitrogens with one attached hydrogen (secondary N) is 1. The van der Waals surface area contributed by atoms with Crippen molar-refractivity contribution in [3.8, 4) is 0 Å². The van der Waals surface area contributed by atoms with Gasteiger partial charge in [-0.25, -0.2) is 0 Å². The third kappa shape index (κ3) is 2.69. The summed E-state index contributed by atoms with van der Waals surface area (Å²) < 4.78 is 0. The molecule has 2 atom stereocenters. The molecule has 0 radical (unpaired) electrons. The van der Waals surface area contributed by atoms with Crippen molar-refractivity contribution in [2.45, 2.75) is 12.8 Å². The highest BCUT2D eigenvalue weighted by atomic mass is 16.4. The topological polar surface area (TPSA) is 86.6 Å². The number of rotatable bonds is 3. The van der Waals surface area contributed by atoms with E-state index in [9.17, 15) is 9.59 Å². The first-order chi connectivity index (χ1) is 6.11. The van der Waals surface area contributed by atoms with E-state index in [1.54, 1.807) is 0 Å². The molecule has 1 heterocycles. The van der Waals surface area contributed by atoms with E-state index in [1.807, 2.05) is 0 Å². The molecule has 1 aliphatic heterocycles. The lowest BCUT2D eigenvalue weighted by Gasteiger charge is -2.27. The van der Waals surface area contributed by atoms with Gasteiger partial charge in [0.05, 0.1) is 12.3 Å². The van der Waals surface area contributed by atoms with Gasteiger partial charge in [-0.15, -0.1) is 0 Å². The Labute approximate surface area is 75.7 Å². The van der Waals surface area contributed by atoms with Gasteiger partial charge in [0.2, 0.25) is 0 Å². The maximum atomic E-state index is 10.7. The van der Waals surface area contributed by atoms with E-state index in [1.165, 1.54) is 0 Å². The van der Waals surface area contributed by atoms with Gasteiger partial charge in [-0.05, 0) is 25.4 Å². The number of carbonyl (C=O) groups is 2. The van der Waals surface area contributed by atoms with Crippen LogP contribution in [0, 0.1) is 11.8 Å². The summed E-state index contributed by atoms with van der Waals surface area (Å²) in [6.07, 6.45) is 0.456. The van der Waals surface area contributed by atoms with E-state index in [0.29, 0.717) is 19.5 Å². The average molecular weight is 187 g/mol. The first kappa shape index (κ1) is 9.98. The second-order valence-corrected chi connectivity index (χ2v) is 3.30. The molecule has 0 amide bonds. The Morgan fingerprint density at radius 2 is 2.08 bits per heavy atom. The molecular formula is C8H13NO4. The molecule has 1 saturated heterocycles. The van der Waals surface area contributed by atoms with E-state index in [-0.39, 0.29) is 12.3 Å². The molecule has 0 aromatic carbocycles. The van der Waals surface area contributed by atoms with Crippen LogP contribution in [-0.4, -0.2) is 35.2 Å². The first-order valence-corrected chi connectivity index (χ1v) is 4.26. The minimum absolute atomic E-state index is 0.0655. The van der Waals surface area contributed by atoms with Crippen molar-refractivity contribution >= 4 is 11.9 Å². The molecular weight excluding hydrogens is 174 g/mol. The van der Waals surface area contributed by atoms with Gasteiger partial charge in [-0.1, -0.05) is 0 Å². The number of aliphatic carboxylic acids is 2. The van der Waals surface area contributed by atoms with E-state index in [2.05, 4.69) is 5.32 Å². The van der Waals surface area contributed by atoms with Crippen molar-refractivity contribution in [3.63, 3.8) is 0 Å². The van der Waals surface area contributed by atoms with Crippen LogP contribution in [0.15, 0.2) is 0 Å². The molecule has 0 aromatic rings. The summed E-state index contributed by atoms with van der Waals surface area (Å²) >= 11 is 0. The fourth-order valence-electron chi connectivity index (χ4n) is 1.69. The third-order valence-corrected chi connectivity index (χ3v) is 2.36. The fraction of sp³-hybridized carbons (Fsp3) is 0.750. The molecule has 0 saturated carbocycles. The maximum Gasteiger partial charge on any atom is 0.306 e. The fourth-order valence-corrected chi connectivity index (χ4v) is 1.69. The van der Waals surface area contributed by atoms with Crippen LogP contribution in [0.1, 0.15) is 12.8 Å². The normalized spacial score (nSPS) is 28.3. The van der Waals surface area contributed by atoms with Crippen LogP contribution >= 0.6 is 0 Å². The highest BCUT2D eigenvalue weighted by Crippen LogP contribution is 2.22. The Morgan fingerprint density at radius 1 is 1.38 bits per heavy atom. The minimum Gasteiger partial charge on any atom is -0.481 e. The molecule has 3 N–H and O–H groups in total. The molecule has 74 valence electrons. The summed E-state index contributed by atoms with van der Waals surface area (Å²) in [7, 11) is 0. The molecule has 1 fully saturated rings. The number of carboxylic acids is 2. The van der Waals surface area contributed by atoms with Gasteiger partial charge in [0.25, 0.3) is 0 Å². The molecule has 0 aliphatic carbocycles. The van der Waals surface area contributed by atoms with Crippen LogP contribution in [-0.2, 0) is 9.59 Å². The molecule has 0 bridgehead atoms. The van der Waals surface area contributed by atoms with Crippen molar-refractivity contribution in [2.75, 3.05) is 13.1 Å². The second-order valence-electron chi connectivity index (χ2n) is 3.30. The van der Waals surface area contributed by atoms with E-state index < -0.39 is 17.9 Å². The van der Waals surface area contributed by atoms with Crippen LogP contribution in [0.5, 0.6) is 0 Å². The highest BCUT2D eigenvalue weighted by molar-refractivity contribution is 5.73. The van der Waals surface area contributed by atoms with Crippen molar-refractivity contribution in [3.05, 3.63) is 0 Å². The minimum atomic E-state index is -0.931. The number of hydrogen-bond donors (Lipinski definition) is 3. The predicted octanol–water partition coefficient (Wildman–Crippen LogP) is -0.229. The third-order valence-electron chi connectivity index (χ3n) is 2.36. The smallest absolute Gasteiger partial charge is 0.306 e. The SMILES string of the molecule is O=C(O)C[C@H]1CNCC[C@H]1C(=O)O. The predicted molar refractivity (Wildman–Crippen MR) is 44.4 cm³/mol. The summed E-state index contributed by atoms with van der Waals surface area (Å²) in [5, 5.41) is 20.3. The number of carboxylic acid groups (broad SMARTS) is 2. The van der Waals surface area contributed by atoms with Crippen LogP contribution in [0.4, 0.5) is 0 Å². The molecule has 13 heavy (non-hydrogen) atoms. The molecule has 5 heteroatoms. The Morgan fingerprint density at radius 3 is 2.62 bits per heavy atom. The van der Waals surface area contributed by atoms with Crippen LogP contribution in [0.2, 0.25) is 0 Å². The largest absolute Gasteiger partial charge is 0.481 e. The quantitative estimate of drug-likeness (QED) is 0.568.